The number of terminal acetylenes is 1. The van der Waals surface area contributed by atoms with Gasteiger partial charge >= 0.3 is 0 Å². The largest absolute Gasteiger partial charge is 0.389 e. The fourth-order valence-corrected chi connectivity index (χ4v) is 2.15. The highest BCUT2D eigenvalue weighted by Gasteiger charge is 2.32. The van der Waals surface area contributed by atoms with Crippen molar-refractivity contribution in [2.24, 2.45) is 0 Å². The molecule has 0 aliphatic carbocycles. The molecule has 0 bridgehead atoms. The van der Waals surface area contributed by atoms with Crippen LogP contribution in [-0.2, 0) is 4.79 Å². The van der Waals surface area contributed by atoms with Crippen molar-refractivity contribution in [3.05, 3.63) is 0 Å². The summed E-state index contributed by atoms with van der Waals surface area (Å²) >= 11 is 0. The molecular formula is C13H22N2O3. The maximum Gasteiger partial charge on any atom is 0.235 e. The quantitative estimate of drug-likeness (QED) is 0.569. The predicted octanol–water partition coefficient (Wildman–Crippen LogP) is -0.668. The second kappa shape index (κ2) is 6.19. The van der Waals surface area contributed by atoms with Gasteiger partial charge in [-0.25, -0.2) is 0 Å². The van der Waals surface area contributed by atoms with E-state index in [2.05, 4.69) is 11.2 Å². The lowest BCUT2D eigenvalue weighted by atomic mass is 9.94. The van der Waals surface area contributed by atoms with E-state index in [4.69, 9.17) is 6.42 Å². The standard InChI is InChI=1S/C13H22N2O3/c1-4-13(5-2,6-3)14-12(18)9-15-7-10(16)11(17)8-15/h1,10-11,16-17H,5-9H2,2-3H3,(H,14,18). The Morgan fingerprint density at radius 1 is 1.39 bits per heavy atom. The van der Waals surface area contributed by atoms with Crippen LogP contribution in [0, 0.1) is 12.3 Å². The van der Waals surface area contributed by atoms with Crippen LogP contribution in [-0.4, -0.2) is 58.4 Å². The van der Waals surface area contributed by atoms with Gasteiger partial charge in [-0.2, -0.15) is 0 Å². The first-order valence-electron chi connectivity index (χ1n) is 6.33. The van der Waals surface area contributed by atoms with Crippen molar-refractivity contribution in [2.75, 3.05) is 19.6 Å². The van der Waals surface area contributed by atoms with Gasteiger partial charge in [0.2, 0.25) is 5.91 Å². The van der Waals surface area contributed by atoms with Crippen LogP contribution in [0.1, 0.15) is 26.7 Å². The number of nitrogens with one attached hydrogen (secondary N) is 1. The molecule has 5 heteroatoms. The number of aliphatic hydroxyl groups is 2. The monoisotopic (exact) mass is 254 g/mol. The minimum Gasteiger partial charge on any atom is -0.389 e. The summed E-state index contributed by atoms with van der Waals surface area (Å²) in [5.41, 5.74) is -0.589. The summed E-state index contributed by atoms with van der Waals surface area (Å²) in [5, 5.41) is 21.6. The first-order chi connectivity index (χ1) is 8.46. The molecule has 1 fully saturated rings. The van der Waals surface area contributed by atoms with Crippen LogP contribution < -0.4 is 5.32 Å². The van der Waals surface area contributed by atoms with Crippen molar-refractivity contribution >= 4 is 5.91 Å². The maximum atomic E-state index is 11.9. The molecule has 18 heavy (non-hydrogen) atoms. The number of likely N-dealkylation sites (tertiary alicyclic amines) is 1. The minimum absolute atomic E-state index is 0.150. The van der Waals surface area contributed by atoms with Crippen LogP contribution in [0.3, 0.4) is 0 Å². The molecule has 0 aromatic rings. The van der Waals surface area contributed by atoms with Gasteiger partial charge in [0.25, 0.3) is 0 Å². The number of amides is 1. The van der Waals surface area contributed by atoms with Crippen LogP contribution in [0.5, 0.6) is 0 Å². The average Bonchev–Trinajstić information content (AvgIpc) is 2.65. The number of hydrogen-bond acceptors (Lipinski definition) is 4. The second-order valence-corrected chi connectivity index (χ2v) is 4.81. The molecule has 102 valence electrons. The Hall–Kier alpha value is -1.09. The predicted molar refractivity (Wildman–Crippen MR) is 68.7 cm³/mol. The van der Waals surface area contributed by atoms with Gasteiger partial charge in [-0.3, -0.25) is 9.69 Å². The number of hydrogen-bond donors (Lipinski definition) is 3. The molecule has 1 aliphatic heterocycles. The lowest BCUT2D eigenvalue weighted by Crippen LogP contribution is -2.49. The summed E-state index contributed by atoms with van der Waals surface area (Å²) in [6.07, 6.45) is 5.28. The number of carbonyl (C=O) groups excluding carboxylic acids is 1. The fraction of sp³-hybridized carbons (Fsp3) is 0.769. The van der Waals surface area contributed by atoms with E-state index in [9.17, 15) is 15.0 Å². The Morgan fingerprint density at radius 2 is 1.89 bits per heavy atom. The molecule has 0 radical (unpaired) electrons. The van der Waals surface area contributed by atoms with Gasteiger partial charge in [-0.1, -0.05) is 19.8 Å². The molecule has 0 aromatic carbocycles. The van der Waals surface area contributed by atoms with Gasteiger partial charge in [0.05, 0.1) is 18.8 Å². The van der Waals surface area contributed by atoms with E-state index in [1.165, 1.54) is 0 Å². The first kappa shape index (κ1) is 15.0. The van der Waals surface area contributed by atoms with E-state index in [0.29, 0.717) is 25.9 Å². The van der Waals surface area contributed by atoms with Crippen molar-refractivity contribution in [3.63, 3.8) is 0 Å². The van der Waals surface area contributed by atoms with Crippen LogP contribution in [0.15, 0.2) is 0 Å². The third-order valence-electron chi connectivity index (χ3n) is 3.56. The van der Waals surface area contributed by atoms with Crippen molar-refractivity contribution in [3.8, 4) is 12.3 Å². The molecule has 0 spiro atoms. The lowest BCUT2D eigenvalue weighted by molar-refractivity contribution is -0.123. The Labute approximate surface area is 108 Å². The summed E-state index contributed by atoms with van der Waals surface area (Å²) in [5.74, 6) is 2.47. The third kappa shape index (κ3) is 3.45. The second-order valence-electron chi connectivity index (χ2n) is 4.81. The van der Waals surface area contributed by atoms with Crippen molar-refractivity contribution in [1.82, 2.24) is 10.2 Å². The van der Waals surface area contributed by atoms with Crippen LogP contribution in [0.4, 0.5) is 0 Å². The zero-order valence-electron chi connectivity index (χ0n) is 11.0. The fourth-order valence-electron chi connectivity index (χ4n) is 2.15. The topological polar surface area (TPSA) is 72.8 Å². The molecule has 1 amide bonds. The van der Waals surface area contributed by atoms with Crippen molar-refractivity contribution < 1.29 is 15.0 Å². The highest BCUT2D eigenvalue weighted by molar-refractivity contribution is 5.79. The number of β-amino-alcohol motifs (C(OH)–C–C–N with tert-alkyl or cyclic N) is 2. The Bertz CT molecular complexity index is 324. The number of rotatable bonds is 5. The van der Waals surface area contributed by atoms with E-state index in [1.54, 1.807) is 4.90 Å². The van der Waals surface area contributed by atoms with Crippen LogP contribution in [0.25, 0.3) is 0 Å². The van der Waals surface area contributed by atoms with Crippen molar-refractivity contribution in [2.45, 2.75) is 44.4 Å². The molecular weight excluding hydrogens is 232 g/mol. The summed E-state index contributed by atoms with van der Waals surface area (Å²) in [7, 11) is 0. The molecule has 3 N–H and O–H groups in total. The molecule has 1 aliphatic rings. The lowest BCUT2D eigenvalue weighted by Gasteiger charge is -2.28. The van der Waals surface area contributed by atoms with E-state index in [-0.39, 0.29) is 12.5 Å². The summed E-state index contributed by atoms with van der Waals surface area (Å²) in [4.78, 5) is 13.6. The summed E-state index contributed by atoms with van der Waals surface area (Å²) < 4.78 is 0. The van der Waals surface area contributed by atoms with Gasteiger partial charge in [0, 0.05) is 13.1 Å². The average molecular weight is 254 g/mol. The SMILES string of the molecule is C#CC(CC)(CC)NC(=O)CN1CC(O)C(O)C1. The Balaban J connectivity index is 2.50. The molecule has 2 atom stereocenters. The van der Waals surface area contributed by atoms with E-state index < -0.39 is 17.7 Å². The van der Waals surface area contributed by atoms with Gasteiger partial charge in [0.1, 0.15) is 5.54 Å². The Kier molecular flexibility index (Phi) is 5.15. The normalized spacial score (nSPS) is 24.8. The van der Waals surface area contributed by atoms with Gasteiger partial charge in [0.15, 0.2) is 0 Å². The zero-order valence-corrected chi connectivity index (χ0v) is 11.0. The van der Waals surface area contributed by atoms with E-state index in [1.807, 2.05) is 13.8 Å². The van der Waals surface area contributed by atoms with Crippen molar-refractivity contribution in [1.29, 1.82) is 0 Å². The van der Waals surface area contributed by atoms with E-state index in [0.717, 1.165) is 0 Å². The highest BCUT2D eigenvalue weighted by atomic mass is 16.3. The Morgan fingerprint density at radius 3 is 2.28 bits per heavy atom. The zero-order chi connectivity index (χ0) is 13.8. The summed E-state index contributed by atoms with van der Waals surface area (Å²) in [6, 6.07) is 0. The number of aliphatic hydroxyl groups excluding tert-OH is 2. The molecule has 0 saturated carbocycles. The molecule has 1 rings (SSSR count). The van der Waals surface area contributed by atoms with Gasteiger partial charge in [-0.15, -0.1) is 6.42 Å². The maximum absolute atomic E-state index is 11.9. The van der Waals surface area contributed by atoms with E-state index >= 15 is 0 Å². The van der Waals surface area contributed by atoms with Gasteiger partial charge in [-0.05, 0) is 12.8 Å². The number of nitrogens with zero attached hydrogens (tertiary/aromatic N) is 1. The molecule has 2 unspecified atom stereocenters. The molecule has 5 nitrogen and oxygen atoms in total. The first-order valence-corrected chi connectivity index (χ1v) is 6.33. The van der Waals surface area contributed by atoms with Gasteiger partial charge < -0.3 is 15.5 Å². The highest BCUT2D eigenvalue weighted by Crippen LogP contribution is 2.14. The smallest absolute Gasteiger partial charge is 0.235 e. The minimum atomic E-state index is -0.771. The third-order valence-corrected chi connectivity index (χ3v) is 3.56. The summed E-state index contributed by atoms with van der Waals surface area (Å²) in [6.45, 7) is 4.66. The molecule has 0 aromatic heterocycles. The molecule has 1 heterocycles. The number of carbonyl (C=O) groups is 1. The molecule has 1 saturated heterocycles. The van der Waals surface area contributed by atoms with Crippen LogP contribution in [0.2, 0.25) is 0 Å². The van der Waals surface area contributed by atoms with Crippen LogP contribution >= 0.6 is 0 Å².